The van der Waals surface area contributed by atoms with Crippen molar-refractivity contribution in [1.29, 1.82) is 0 Å². The van der Waals surface area contributed by atoms with Crippen molar-refractivity contribution in [2.24, 2.45) is 0 Å². The Kier molecular flexibility index (Phi) is 5.29. The zero-order chi connectivity index (χ0) is 11.1. The Morgan fingerprint density at radius 2 is 2.40 bits per heavy atom. The first-order valence-electron chi connectivity index (χ1n) is 5.83. The van der Waals surface area contributed by atoms with Crippen LogP contribution in [0.3, 0.4) is 0 Å². The largest absolute Gasteiger partial charge is 0.389 e. The SMILES string of the molecule is CCCC(C)(O)CNCC1=CCCOC1. The highest BCUT2D eigenvalue weighted by Gasteiger charge is 2.18. The predicted octanol–water partition coefficient (Wildman–Crippen LogP) is 1.47. The lowest BCUT2D eigenvalue weighted by Crippen LogP contribution is -2.38. The summed E-state index contributed by atoms with van der Waals surface area (Å²) in [5, 5.41) is 13.2. The molecule has 1 aliphatic heterocycles. The van der Waals surface area contributed by atoms with Gasteiger partial charge in [-0.1, -0.05) is 19.4 Å². The minimum absolute atomic E-state index is 0.579. The van der Waals surface area contributed by atoms with Crippen LogP contribution >= 0.6 is 0 Å². The van der Waals surface area contributed by atoms with E-state index in [0.717, 1.165) is 39.0 Å². The Bertz CT molecular complexity index is 212. The van der Waals surface area contributed by atoms with E-state index in [1.54, 1.807) is 0 Å². The minimum atomic E-state index is -0.579. The van der Waals surface area contributed by atoms with Gasteiger partial charge >= 0.3 is 0 Å². The fraction of sp³-hybridized carbons (Fsp3) is 0.833. The van der Waals surface area contributed by atoms with Gasteiger partial charge in [-0.25, -0.2) is 0 Å². The van der Waals surface area contributed by atoms with Crippen molar-refractivity contribution in [1.82, 2.24) is 5.32 Å². The maximum atomic E-state index is 9.93. The summed E-state index contributed by atoms with van der Waals surface area (Å²) in [7, 11) is 0. The molecule has 0 radical (unpaired) electrons. The molecule has 1 heterocycles. The lowest BCUT2D eigenvalue weighted by Gasteiger charge is -2.24. The molecular formula is C12H23NO2. The minimum Gasteiger partial charge on any atom is -0.389 e. The topological polar surface area (TPSA) is 41.5 Å². The van der Waals surface area contributed by atoms with E-state index in [4.69, 9.17) is 4.74 Å². The highest BCUT2D eigenvalue weighted by Crippen LogP contribution is 2.10. The molecule has 88 valence electrons. The number of hydrogen-bond acceptors (Lipinski definition) is 3. The van der Waals surface area contributed by atoms with Gasteiger partial charge in [-0.05, 0) is 25.3 Å². The molecule has 0 bridgehead atoms. The molecule has 1 rings (SSSR count). The molecule has 1 aliphatic rings. The summed E-state index contributed by atoms with van der Waals surface area (Å²) in [4.78, 5) is 0. The molecule has 0 aromatic heterocycles. The highest BCUT2D eigenvalue weighted by atomic mass is 16.5. The monoisotopic (exact) mass is 213 g/mol. The first-order chi connectivity index (χ1) is 7.14. The van der Waals surface area contributed by atoms with E-state index in [0.29, 0.717) is 6.54 Å². The number of nitrogens with one attached hydrogen (secondary N) is 1. The van der Waals surface area contributed by atoms with Crippen molar-refractivity contribution in [2.75, 3.05) is 26.3 Å². The van der Waals surface area contributed by atoms with Crippen LogP contribution in [0.5, 0.6) is 0 Å². The zero-order valence-corrected chi connectivity index (χ0v) is 9.88. The van der Waals surface area contributed by atoms with Gasteiger partial charge in [0.15, 0.2) is 0 Å². The van der Waals surface area contributed by atoms with Crippen LogP contribution in [0.15, 0.2) is 11.6 Å². The number of rotatable bonds is 6. The van der Waals surface area contributed by atoms with E-state index in [1.165, 1.54) is 5.57 Å². The molecule has 1 atom stereocenters. The Labute approximate surface area is 92.5 Å². The molecule has 0 aromatic rings. The maximum Gasteiger partial charge on any atom is 0.0743 e. The second-order valence-corrected chi connectivity index (χ2v) is 4.55. The van der Waals surface area contributed by atoms with Gasteiger partial charge in [-0.3, -0.25) is 0 Å². The molecule has 0 aliphatic carbocycles. The Morgan fingerprint density at radius 3 is 3.00 bits per heavy atom. The van der Waals surface area contributed by atoms with Crippen molar-refractivity contribution < 1.29 is 9.84 Å². The van der Waals surface area contributed by atoms with Gasteiger partial charge < -0.3 is 15.2 Å². The molecule has 3 nitrogen and oxygen atoms in total. The van der Waals surface area contributed by atoms with E-state index < -0.39 is 5.60 Å². The van der Waals surface area contributed by atoms with Gasteiger partial charge in [0, 0.05) is 13.1 Å². The molecule has 0 saturated carbocycles. The van der Waals surface area contributed by atoms with Gasteiger partial charge in [0.2, 0.25) is 0 Å². The summed E-state index contributed by atoms with van der Waals surface area (Å²) >= 11 is 0. The molecule has 15 heavy (non-hydrogen) atoms. The van der Waals surface area contributed by atoms with Crippen molar-refractivity contribution in [2.45, 2.75) is 38.7 Å². The smallest absolute Gasteiger partial charge is 0.0743 e. The number of ether oxygens (including phenoxy) is 1. The van der Waals surface area contributed by atoms with Crippen LogP contribution < -0.4 is 5.32 Å². The molecule has 0 spiro atoms. The summed E-state index contributed by atoms with van der Waals surface area (Å²) in [6.45, 7) is 7.04. The van der Waals surface area contributed by atoms with Crippen molar-refractivity contribution >= 4 is 0 Å². The molecule has 1 unspecified atom stereocenters. The summed E-state index contributed by atoms with van der Waals surface area (Å²) in [6, 6.07) is 0. The summed E-state index contributed by atoms with van der Waals surface area (Å²) in [6.07, 6.45) is 5.10. The molecule has 0 amide bonds. The second-order valence-electron chi connectivity index (χ2n) is 4.55. The lowest BCUT2D eigenvalue weighted by atomic mass is 10.0. The summed E-state index contributed by atoms with van der Waals surface area (Å²) < 4.78 is 5.34. The number of aliphatic hydroxyl groups is 1. The quantitative estimate of drug-likeness (QED) is 0.657. The third kappa shape index (κ3) is 5.30. The molecule has 2 N–H and O–H groups in total. The second kappa shape index (κ2) is 6.26. The molecule has 0 saturated heterocycles. The van der Waals surface area contributed by atoms with Gasteiger partial charge in [0.1, 0.15) is 0 Å². The fourth-order valence-corrected chi connectivity index (χ4v) is 1.85. The Morgan fingerprint density at radius 1 is 1.60 bits per heavy atom. The van der Waals surface area contributed by atoms with E-state index in [1.807, 2.05) is 6.92 Å². The summed E-state index contributed by atoms with van der Waals surface area (Å²) in [5.74, 6) is 0. The van der Waals surface area contributed by atoms with E-state index in [-0.39, 0.29) is 0 Å². The third-order valence-electron chi connectivity index (χ3n) is 2.63. The first kappa shape index (κ1) is 12.7. The van der Waals surface area contributed by atoms with Crippen LogP contribution in [0.1, 0.15) is 33.1 Å². The molecule has 0 aromatic carbocycles. The zero-order valence-electron chi connectivity index (χ0n) is 9.88. The third-order valence-corrected chi connectivity index (χ3v) is 2.63. The standard InChI is InChI=1S/C12H23NO2/c1-3-6-12(2,14)10-13-8-11-5-4-7-15-9-11/h5,13-14H,3-4,6-10H2,1-2H3. The Balaban J connectivity index is 2.17. The first-order valence-corrected chi connectivity index (χ1v) is 5.83. The average molecular weight is 213 g/mol. The highest BCUT2D eigenvalue weighted by molar-refractivity contribution is 5.06. The van der Waals surface area contributed by atoms with Crippen LogP contribution in [0.25, 0.3) is 0 Å². The van der Waals surface area contributed by atoms with Crippen LogP contribution in [0, 0.1) is 0 Å². The van der Waals surface area contributed by atoms with Gasteiger partial charge in [-0.2, -0.15) is 0 Å². The van der Waals surface area contributed by atoms with Crippen molar-refractivity contribution in [3.05, 3.63) is 11.6 Å². The normalized spacial score (nSPS) is 20.9. The van der Waals surface area contributed by atoms with Crippen LogP contribution in [-0.4, -0.2) is 37.0 Å². The van der Waals surface area contributed by atoms with E-state index >= 15 is 0 Å². The average Bonchev–Trinajstić information content (AvgIpc) is 2.19. The van der Waals surface area contributed by atoms with E-state index in [2.05, 4.69) is 18.3 Å². The molecule has 0 fully saturated rings. The Hall–Kier alpha value is -0.380. The van der Waals surface area contributed by atoms with Crippen molar-refractivity contribution in [3.8, 4) is 0 Å². The van der Waals surface area contributed by atoms with Crippen LogP contribution in [0.2, 0.25) is 0 Å². The van der Waals surface area contributed by atoms with Gasteiger partial charge in [-0.15, -0.1) is 0 Å². The molecule has 3 heteroatoms. The fourth-order valence-electron chi connectivity index (χ4n) is 1.85. The number of hydrogen-bond donors (Lipinski definition) is 2. The van der Waals surface area contributed by atoms with Gasteiger partial charge in [0.25, 0.3) is 0 Å². The van der Waals surface area contributed by atoms with Crippen LogP contribution in [-0.2, 0) is 4.74 Å². The molecular weight excluding hydrogens is 190 g/mol. The summed E-state index contributed by atoms with van der Waals surface area (Å²) in [5.41, 5.74) is 0.721. The van der Waals surface area contributed by atoms with E-state index in [9.17, 15) is 5.11 Å². The lowest BCUT2D eigenvalue weighted by molar-refractivity contribution is 0.0504. The van der Waals surface area contributed by atoms with Gasteiger partial charge in [0.05, 0.1) is 18.8 Å². The predicted molar refractivity (Wildman–Crippen MR) is 61.9 cm³/mol. The van der Waals surface area contributed by atoms with Crippen LogP contribution in [0.4, 0.5) is 0 Å². The maximum absolute atomic E-state index is 9.93. The van der Waals surface area contributed by atoms with Crippen molar-refractivity contribution in [3.63, 3.8) is 0 Å².